The molecule has 7 nitrogen and oxygen atoms in total. The summed E-state index contributed by atoms with van der Waals surface area (Å²) in [4.78, 5) is 11.1. The van der Waals surface area contributed by atoms with Gasteiger partial charge in [0.15, 0.2) is 5.82 Å². The van der Waals surface area contributed by atoms with Gasteiger partial charge < -0.3 is 9.84 Å². The van der Waals surface area contributed by atoms with Crippen molar-refractivity contribution in [3.8, 4) is 0 Å². The average molecular weight is 276 g/mol. The molecule has 0 aromatic carbocycles. The number of aliphatic carboxylic acids is 1. The van der Waals surface area contributed by atoms with Crippen molar-refractivity contribution in [3.05, 3.63) is 5.82 Å². The standard InChI is InChI=1S/C10H14F2N4O3/c11-7(12)5-19-4-1-8-13-14-15-16(8)6-10(2-3-10)9(17)18/h7H,1-6H2,(H,17,18). The van der Waals surface area contributed by atoms with Crippen molar-refractivity contribution in [1.82, 2.24) is 20.2 Å². The van der Waals surface area contributed by atoms with Gasteiger partial charge in [0.25, 0.3) is 6.43 Å². The Kier molecular flexibility index (Phi) is 4.03. The number of nitrogens with zero attached hydrogens (tertiary/aromatic N) is 4. The Labute approximate surface area is 107 Å². The monoisotopic (exact) mass is 276 g/mol. The van der Waals surface area contributed by atoms with Crippen molar-refractivity contribution in [2.75, 3.05) is 13.2 Å². The van der Waals surface area contributed by atoms with Gasteiger partial charge in [-0.25, -0.2) is 13.5 Å². The summed E-state index contributed by atoms with van der Waals surface area (Å²) in [5.41, 5.74) is -0.770. The van der Waals surface area contributed by atoms with Crippen LogP contribution in [0.1, 0.15) is 18.7 Å². The quantitative estimate of drug-likeness (QED) is 0.689. The molecule has 0 unspecified atom stereocenters. The Morgan fingerprint density at radius 3 is 2.84 bits per heavy atom. The molecule has 0 spiro atoms. The van der Waals surface area contributed by atoms with Crippen LogP contribution in [0.3, 0.4) is 0 Å². The number of tetrazole rings is 1. The highest BCUT2D eigenvalue weighted by Crippen LogP contribution is 2.47. The molecular formula is C10H14F2N4O3. The van der Waals surface area contributed by atoms with Crippen LogP contribution in [0.2, 0.25) is 0 Å². The average Bonchev–Trinajstić information content (AvgIpc) is 2.99. The van der Waals surface area contributed by atoms with Gasteiger partial charge in [-0.2, -0.15) is 0 Å². The Morgan fingerprint density at radius 2 is 2.26 bits per heavy atom. The number of halogens is 2. The highest BCUT2D eigenvalue weighted by atomic mass is 19.3. The molecule has 1 N–H and O–H groups in total. The number of carbonyl (C=O) groups is 1. The third-order valence-electron chi connectivity index (χ3n) is 3.08. The Bertz CT molecular complexity index is 448. The maximum absolute atomic E-state index is 11.9. The second-order valence-corrected chi connectivity index (χ2v) is 4.55. The molecule has 9 heteroatoms. The second-order valence-electron chi connectivity index (χ2n) is 4.55. The summed E-state index contributed by atoms with van der Waals surface area (Å²) in [7, 11) is 0. The number of hydrogen-bond acceptors (Lipinski definition) is 5. The maximum atomic E-state index is 11.9. The van der Waals surface area contributed by atoms with Crippen LogP contribution in [0, 0.1) is 5.41 Å². The fourth-order valence-corrected chi connectivity index (χ4v) is 1.74. The van der Waals surface area contributed by atoms with E-state index in [0.717, 1.165) is 0 Å². The van der Waals surface area contributed by atoms with E-state index in [0.29, 0.717) is 18.7 Å². The van der Waals surface area contributed by atoms with Crippen LogP contribution in [0.15, 0.2) is 0 Å². The summed E-state index contributed by atoms with van der Waals surface area (Å²) < 4.78 is 29.9. The number of hydrogen-bond donors (Lipinski definition) is 1. The Morgan fingerprint density at radius 1 is 1.53 bits per heavy atom. The van der Waals surface area contributed by atoms with Crippen LogP contribution >= 0.6 is 0 Å². The summed E-state index contributed by atoms with van der Waals surface area (Å²) >= 11 is 0. The molecule has 1 heterocycles. The van der Waals surface area contributed by atoms with Gasteiger partial charge in [-0.15, -0.1) is 5.10 Å². The normalized spacial score (nSPS) is 16.8. The molecule has 0 saturated heterocycles. The minimum atomic E-state index is -2.50. The van der Waals surface area contributed by atoms with Gasteiger partial charge in [-0.05, 0) is 23.3 Å². The van der Waals surface area contributed by atoms with E-state index in [9.17, 15) is 13.6 Å². The van der Waals surface area contributed by atoms with Crippen molar-refractivity contribution >= 4 is 5.97 Å². The molecule has 1 aliphatic rings. The van der Waals surface area contributed by atoms with Gasteiger partial charge in [0.1, 0.15) is 6.61 Å². The molecule has 106 valence electrons. The number of carboxylic acid groups (broad SMARTS) is 1. The number of alkyl halides is 2. The first-order valence-electron chi connectivity index (χ1n) is 5.88. The Hall–Kier alpha value is -1.64. The predicted molar refractivity (Wildman–Crippen MR) is 57.6 cm³/mol. The topological polar surface area (TPSA) is 90.1 Å². The molecule has 0 bridgehead atoms. The van der Waals surface area contributed by atoms with E-state index >= 15 is 0 Å². The van der Waals surface area contributed by atoms with Gasteiger partial charge in [0.05, 0.1) is 18.6 Å². The van der Waals surface area contributed by atoms with Gasteiger partial charge in [-0.3, -0.25) is 4.79 Å². The lowest BCUT2D eigenvalue weighted by atomic mass is 10.1. The van der Waals surface area contributed by atoms with Gasteiger partial charge in [-0.1, -0.05) is 0 Å². The SMILES string of the molecule is O=C(O)C1(Cn2nnnc2CCOCC(F)F)CC1. The molecule has 0 radical (unpaired) electrons. The molecule has 1 aromatic heterocycles. The molecule has 1 aromatic rings. The number of ether oxygens (including phenoxy) is 1. The van der Waals surface area contributed by atoms with Crippen molar-refractivity contribution in [2.24, 2.45) is 5.41 Å². The van der Waals surface area contributed by atoms with Gasteiger partial charge in [0.2, 0.25) is 0 Å². The van der Waals surface area contributed by atoms with E-state index in [1.54, 1.807) is 0 Å². The maximum Gasteiger partial charge on any atom is 0.311 e. The minimum Gasteiger partial charge on any atom is -0.481 e. The fourth-order valence-electron chi connectivity index (χ4n) is 1.74. The van der Waals surface area contributed by atoms with E-state index in [1.807, 2.05) is 0 Å². The first kappa shape index (κ1) is 13.8. The zero-order valence-corrected chi connectivity index (χ0v) is 10.1. The van der Waals surface area contributed by atoms with Crippen LogP contribution in [0.25, 0.3) is 0 Å². The predicted octanol–water partition coefficient (Wildman–Crippen LogP) is 0.362. The molecule has 1 fully saturated rings. The summed E-state index contributed by atoms with van der Waals surface area (Å²) in [6.07, 6.45) is -1.03. The van der Waals surface area contributed by atoms with Crippen molar-refractivity contribution in [2.45, 2.75) is 32.2 Å². The number of rotatable bonds is 8. The zero-order chi connectivity index (χ0) is 13.9. The lowest BCUT2D eigenvalue weighted by Crippen LogP contribution is -2.24. The van der Waals surface area contributed by atoms with Crippen LogP contribution in [-0.4, -0.2) is 50.9 Å². The van der Waals surface area contributed by atoms with Crippen LogP contribution < -0.4 is 0 Å². The molecule has 1 saturated carbocycles. The fraction of sp³-hybridized carbons (Fsp3) is 0.800. The third kappa shape index (κ3) is 3.43. The van der Waals surface area contributed by atoms with E-state index in [4.69, 9.17) is 9.84 Å². The van der Waals surface area contributed by atoms with Gasteiger partial charge >= 0.3 is 5.97 Å². The zero-order valence-electron chi connectivity index (χ0n) is 10.1. The first-order chi connectivity index (χ1) is 9.03. The second kappa shape index (κ2) is 5.55. The van der Waals surface area contributed by atoms with E-state index in [-0.39, 0.29) is 19.6 Å². The molecular weight excluding hydrogens is 262 g/mol. The van der Waals surface area contributed by atoms with Crippen molar-refractivity contribution in [3.63, 3.8) is 0 Å². The summed E-state index contributed by atoms with van der Waals surface area (Å²) in [6, 6.07) is 0. The van der Waals surface area contributed by atoms with Crippen LogP contribution in [0.4, 0.5) is 8.78 Å². The third-order valence-corrected chi connectivity index (χ3v) is 3.08. The molecule has 19 heavy (non-hydrogen) atoms. The molecule has 0 atom stereocenters. The van der Waals surface area contributed by atoms with E-state index in [2.05, 4.69) is 15.5 Å². The summed E-state index contributed by atoms with van der Waals surface area (Å²) in [5, 5.41) is 20.0. The highest BCUT2D eigenvalue weighted by Gasteiger charge is 2.51. The van der Waals surface area contributed by atoms with E-state index in [1.165, 1.54) is 4.68 Å². The smallest absolute Gasteiger partial charge is 0.311 e. The lowest BCUT2D eigenvalue weighted by molar-refractivity contribution is -0.144. The minimum absolute atomic E-state index is 0.0742. The molecule has 2 rings (SSSR count). The van der Waals surface area contributed by atoms with Crippen molar-refractivity contribution < 1.29 is 23.4 Å². The molecule has 1 aliphatic carbocycles. The number of carboxylic acids is 1. The number of aromatic nitrogens is 4. The van der Waals surface area contributed by atoms with E-state index < -0.39 is 24.4 Å². The summed E-state index contributed by atoms with van der Waals surface area (Å²) in [5.74, 6) is -0.412. The van der Waals surface area contributed by atoms with Crippen LogP contribution in [-0.2, 0) is 22.5 Å². The largest absolute Gasteiger partial charge is 0.481 e. The Balaban J connectivity index is 1.86. The van der Waals surface area contributed by atoms with Crippen LogP contribution in [0.5, 0.6) is 0 Å². The molecule has 0 aliphatic heterocycles. The summed E-state index contributed by atoms with van der Waals surface area (Å²) in [6.45, 7) is -0.342. The van der Waals surface area contributed by atoms with Gasteiger partial charge in [0, 0.05) is 6.42 Å². The van der Waals surface area contributed by atoms with Crippen molar-refractivity contribution in [1.29, 1.82) is 0 Å². The molecule has 0 amide bonds. The highest BCUT2D eigenvalue weighted by molar-refractivity contribution is 5.77. The lowest BCUT2D eigenvalue weighted by Gasteiger charge is -2.10. The first-order valence-corrected chi connectivity index (χ1v) is 5.88.